The third-order valence-electron chi connectivity index (χ3n) is 6.01. The Balaban J connectivity index is 1.64. The fourth-order valence-electron chi connectivity index (χ4n) is 3.85. The number of hydrogen-bond acceptors (Lipinski definition) is 7. The van der Waals surface area contributed by atoms with Crippen LogP contribution in [0.2, 0.25) is 5.02 Å². The number of methoxy groups -OCH3 is 1. The predicted octanol–water partition coefficient (Wildman–Crippen LogP) is 3.26. The highest BCUT2D eigenvalue weighted by molar-refractivity contribution is 6.36. The van der Waals surface area contributed by atoms with Crippen molar-refractivity contribution in [1.82, 2.24) is 5.32 Å². The summed E-state index contributed by atoms with van der Waals surface area (Å²) in [5.41, 5.74) is 3.16. The zero-order valence-corrected chi connectivity index (χ0v) is 19.6. The number of benzene rings is 3. The van der Waals surface area contributed by atoms with Gasteiger partial charge < -0.3 is 34.8 Å². The minimum absolute atomic E-state index is 0.288. The van der Waals surface area contributed by atoms with Crippen LogP contribution in [-0.4, -0.2) is 61.0 Å². The van der Waals surface area contributed by atoms with Crippen molar-refractivity contribution in [3.05, 3.63) is 65.2 Å². The summed E-state index contributed by atoms with van der Waals surface area (Å²) in [6.07, 6.45) is 0. The van der Waals surface area contributed by atoms with Crippen LogP contribution in [0.15, 0.2) is 54.6 Å². The number of aliphatic hydroxyl groups is 3. The zero-order chi connectivity index (χ0) is 24.1. The van der Waals surface area contributed by atoms with Crippen LogP contribution >= 0.6 is 11.6 Å². The molecule has 4 N–H and O–H groups in total. The molecule has 3 aromatic carbocycles. The number of rotatable bonds is 9. The van der Waals surface area contributed by atoms with Gasteiger partial charge in [0.1, 0.15) is 19.0 Å². The monoisotopic (exact) mass is 485 g/mol. The minimum atomic E-state index is -1.18. The molecule has 0 aliphatic carbocycles. The van der Waals surface area contributed by atoms with Crippen molar-refractivity contribution in [3.8, 4) is 39.5 Å². The first kappa shape index (κ1) is 24.3. The number of nitrogens with one attached hydrogen (secondary N) is 1. The largest absolute Gasteiger partial charge is 0.496 e. The first-order valence-corrected chi connectivity index (χ1v) is 11.4. The second kappa shape index (κ2) is 10.6. The number of hydrogen-bond donors (Lipinski definition) is 4. The van der Waals surface area contributed by atoms with E-state index in [2.05, 4.69) is 5.32 Å². The van der Waals surface area contributed by atoms with Crippen molar-refractivity contribution >= 4 is 11.6 Å². The number of aliphatic hydroxyl groups excluding tert-OH is 3. The molecule has 0 saturated heterocycles. The molecular formula is C26H28ClNO6. The van der Waals surface area contributed by atoms with Gasteiger partial charge in [0.2, 0.25) is 0 Å². The van der Waals surface area contributed by atoms with Crippen LogP contribution in [-0.2, 0) is 6.54 Å². The van der Waals surface area contributed by atoms with E-state index >= 15 is 0 Å². The summed E-state index contributed by atoms with van der Waals surface area (Å²) in [5, 5.41) is 32.3. The normalized spacial score (nSPS) is 13.1. The highest BCUT2D eigenvalue weighted by Gasteiger charge is 2.27. The number of fused-ring (bicyclic) bond motifs is 1. The maximum absolute atomic E-state index is 9.55. The molecule has 3 aromatic rings. The number of halogens is 1. The Morgan fingerprint density at radius 1 is 0.882 bits per heavy atom. The maximum atomic E-state index is 9.55. The van der Waals surface area contributed by atoms with Crippen LogP contribution in [0.3, 0.4) is 0 Å². The van der Waals surface area contributed by atoms with Gasteiger partial charge in [-0.05, 0) is 29.3 Å². The summed E-state index contributed by atoms with van der Waals surface area (Å²) >= 11 is 6.87. The highest BCUT2D eigenvalue weighted by atomic mass is 35.5. The van der Waals surface area contributed by atoms with E-state index in [-0.39, 0.29) is 6.54 Å². The Kier molecular flexibility index (Phi) is 7.60. The average Bonchev–Trinajstić information content (AvgIpc) is 2.89. The molecule has 0 aromatic heterocycles. The Hall–Kier alpha value is -2.81. The molecule has 180 valence electrons. The van der Waals surface area contributed by atoms with Crippen LogP contribution in [0.4, 0.5) is 0 Å². The predicted molar refractivity (Wildman–Crippen MR) is 131 cm³/mol. The van der Waals surface area contributed by atoms with Gasteiger partial charge >= 0.3 is 0 Å². The van der Waals surface area contributed by atoms with Gasteiger partial charge in [-0.1, -0.05) is 48.0 Å². The third kappa shape index (κ3) is 4.85. The van der Waals surface area contributed by atoms with Gasteiger partial charge in [0, 0.05) is 23.2 Å². The Bertz CT molecular complexity index is 1140. The molecule has 0 bridgehead atoms. The molecule has 0 spiro atoms. The fraction of sp³-hybridized carbons (Fsp3) is 0.308. The number of ether oxygens (including phenoxy) is 3. The summed E-state index contributed by atoms with van der Waals surface area (Å²) in [7, 11) is 1.58. The van der Waals surface area contributed by atoms with Gasteiger partial charge in [0.05, 0.1) is 37.5 Å². The lowest BCUT2D eigenvalue weighted by Gasteiger charge is -2.29. The van der Waals surface area contributed by atoms with Crippen LogP contribution in [0.25, 0.3) is 22.3 Å². The van der Waals surface area contributed by atoms with Gasteiger partial charge in [0.15, 0.2) is 11.5 Å². The van der Waals surface area contributed by atoms with Gasteiger partial charge in [0.25, 0.3) is 0 Å². The van der Waals surface area contributed by atoms with Crippen LogP contribution in [0, 0.1) is 0 Å². The fourth-order valence-corrected chi connectivity index (χ4v) is 4.19. The highest BCUT2D eigenvalue weighted by Crippen LogP contribution is 2.41. The summed E-state index contributed by atoms with van der Waals surface area (Å²) in [6, 6.07) is 17.4. The lowest BCUT2D eigenvalue weighted by atomic mass is 9.97. The smallest absolute Gasteiger partial charge is 0.161 e. The Morgan fingerprint density at radius 3 is 2.15 bits per heavy atom. The van der Waals surface area contributed by atoms with E-state index in [0.717, 1.165) is 33.6 Å². The molecule has 1 heterocycles. The van der Waals surface area contributed by atoms with Crippen LogP contribution in [0.1, 0.15) is 5.56 Å². The van der Waals surface area contributed by atoms with Crippen molar-refractivity contribution in [2.75, 3.05) is 40.1 Å². The molecule has 34 heavy (non-hydrogen) atoms. The van der Waals surface area contributed by atoms with Gasteiger partial charge in [-0.25, -0.2) is 0 Å². The molecule has 1 aliphatic rings. The lowest BCUT2D eigenvalue weighted by molar-refractivity contribution is 0.0412. The van der Waals surface area contributed by atoms with E-state index in [9.17, 15) is 15.3 Å². The maximum Gasteiger partial charge on any atom is 0.161 e. The summed E-state index contributed by atoms with van der Waals surface area (Å²) < 4.78 is 16.9. The van der Waals surface area contributed by atoms with E-state index in [4.69, 9.17) is 25.8 Å². The average molecular weight is 486 g/mol. The van der Waals surface area contributed by atoms with Crippen molar-refractivity contribution in [1.29, 1.82) is 0 Å². The van der Waals surface area contributed by atoms with Crippen LogP contribution in [0.5, 0.6) is 17.2 Å². The van der Waals surface area contributed by atoms with Crippen molar-refractivity contribution in [2.45, 2.75) is 12.1 Å². The van der Waals surface area contributed by atoms with Gasteiger partial charge in [-0.2, -0.15) is 0 Å². The summed E-state index contributed by atoms with van der Waals surface area (Å²) in [4.78, 5) is 0. The molecule has 0 unspecified atom stereocenters. The lowest BCUT2D eigenvalue weighted by Crippen LogP contribution is -2.54. The topological polar surface area (TPSA) is 100 Å². The molecular weight excluding hydrogens is 458 g/mol. The van der Waals surface area contributed by atoms with Gasteiger partial charge in [-0.3, -0.25) is 0 Å². The third-order valence-corrected chi connectivity index (χ3v) is 6.42. The Morgan fingerprint density at radius 2 is 1.50 bits per heavy atom. The summed E-state index contributed by atoms with van der Waals surface area (Å²) in [6.45, 7) is 0.141. The van der Waals surface area contributed by atoms with Crippen molar-refractivity contribution in [2.24, 2.45) is 0 Å². The molecule has 8 heteroatoms. The van der Waals surface area contributed by atoms with Crippen molar-refractivity contribution < 1.29 is 29.5 Å². The molecule has 0 atom stereocenters. The second-order valence-corrected chi connectivity index (χ2v) is 8.54. The molecule has 7 nitrogen and oxygen atoms in total. The Labute approximate surface area is 203 Å². The quantitative estimate of drug-likeness (QED) is 0.369. The first-order chi connectivity index (χ1) is 16.5. The molecule has 4 rings (SSSR count). The molecule has 0 fully saturated rings. The second-order valence-electron chi connectivity index (χ2n) is 8.16. The minimum Gasteiger partial charge on any atom is -0.496 e. The zero-order valence-electron chi connectivity index (χ0n) is 18.9. The standard InChI is InChI=1S/C26H28ClNO6/c1-32-23-11-17(5-6-19(23)13-28-26(14-29,15-30)16-31)20-3-2-4-21(25(20)27)18-7-8-22-24(12-18)34-10-9-33-22/h2-8,11-12,28-31H,9-10,13-16H2,1H3. The van der Waals surface area contributed by atoms with E-state index in [1.807, 2.05) is 54.6 Å². The van der Waals surface area contributed by atoms with E-state index in [1.54, 1.807) is 7.11 Å². The van der Waals surface area contributed by atoms with E-state index in [0.29, 0.717) is 29.7 Å². The van der Waals surface area contributed by atoms with Gasteiger partial charge in [-0.15, -0.1) is 0 Å². The molecule has 0 saturated carbocycles. The SMILES string of the molecule is COc1cc(-c2cccc(-c3ccc4c(c3)OCCO4)c2Cl)ccc1CNC(CO)(CO)CO. The first-order valence-electron chi connectivity index (χ1n) is 11.0. The molecule has 0 amide bonds. The molecule has 1 aliphatic heterocycles. The van der Waals surface area contributed by atoms with E-state index < -0.39 is 25.4 Å². The van der Waals surface area contributed by atoms with Crippen molar-refractivity contribution in [3.63, 3.8) is 0 Å². The molecule has 0 radical (unpaired) electrons. The van der Waals surface area contributed by atoms with E-state index in [1.165, 1.54) is 0 Å². The van der Waals surface area contributed by atoms with Crippen LogP contribution < -0.4 is 19.5 Å². The summed E-state index contributed by atoms with van der Waals surface area (Å²) in [5.74, 6) is 2.05.